The average molecular weight is 470 g/mol. The lowest BCUT2D eigenvalue weighted by atomic mass is 9.97. The molecule has 7 heteroatoms. The molecule has 2 amide bonds. The fourth-order valence-electron chi connectivity index (χ4n) is 3.58. The molecule has 0 saturated heterocycles. The fourth-order valence-corrected chi connectivity index (χ4v) is 3.58. The Bertz CT molecular complexity index is 1260. The molecule has 0 spiro atoms. The molecule has 1 aliphatic heterocycles. The molecule has 2 N–H and O–H groups in total. The average Bonchev–Trinajstić information content (AvgIpc) is 3.22. The van der Waals surface area contributed by atoms with E-state index in [2.05, 4.69) is 36.9 Å². The van der Waals surface area contributed by atoms with Crippen LogP contribution in [0.1, 0.15) is 15.9 Å². The maximum Gasteiger partial charge on any atom is 0.354 e. The molecule has 0 bridgehead atoms. The Morgan fingerprint density at radius 3 is 2.40 bits per heavy atom. The third-order valence-electron chi connectivity index (χ3n) is 5.52. The number of carbonyl (C=O) groups excluding carboxylic acids is 3. The summed E-state index contributed by atoms with van der Waals surface area (Å²) < 4.78 is 5.11. The van der Waals surface area contributed by atoms with E-state index < -0.39 is 11.9 Å². The van der Waals surface area contributed by atoms with E-state index in [-0.39, 0.29) is 30.5 Å². The van der Waals surface area contributed by atoms with Gasteiger partial charge in [0.2, 0.25) is 0 Å². The summed E-state index contributed by atoms with van der Waals surface area (Å²) in [6, 6.07) is 13.3. The van der Waals surface area contributed by atoms with Crippen LogP contribution in [-0.4, -0.2) is 36.3 Å². The fraction of sp³-hybridized carbons (Fsp3) is 0.107. The third kappa shape index (κ3) is 5.47. The van der Waals surface area contributed by atoms with Gasteiger partial charge in [-0.25, -0.2) is 4.79 Å². The van der Waals surface area contributed by atoms with Crippen LogP contribution in [0.15, 0.2) is 104 Å². The molecule has 1 heterocycles. The molecule has 0 aliphatic carbocycles. The monoisotopic (exact) mass is 469 g/mol. The number of allylic oxidation sites excluding steroid dienone is 2. The highest BCUT2D eigenvalue weighted by Crippen LogP contribution is 2.34. The van der Waals surface area contributed by atoms with Crippen molar-refractivity contribution in [2.24, 2.45) is 0 Å². The summed E-state index contributed by atoms with van der Waals surface area (Å²) >= 11 is 0. The van der Waals surface area contributed by atoms with Crippen LogP contribution >= 0.6 is 0 Å². The Balaban J connectivity index is 1.69. The molecule has 0 saturated carbocycles. The number of anilines is 1. The number of amides is 2. The minimum atomic E-state index is -0.814. The van der Waals surface area contributed by atoms with Crippen LogP contribution in [0.25, 0.3) is 11.1 Å². The first kappa shape index (κ1) is 25.0. The largest absolute Gasteiger partial charge is 0.456 e. The van der Waals surface area contributed by atoms with Gasteiger partial charge in [-0.2, -0.15) is 0 Å². The number of nitrogens with zero attached hydrogens (tertiary/aromatic N) is 1. The van der Waals surface area contributed by atoms with Crippen LogP contribution in [0.5, 0.6) is 0 Å². The molecule has 0 aromatic heterocycles. The van der Waals surface area contributed by atoms with Gasteiger partial charge in [0.1, 0.15) is 18.0 Å². The standard InChI is InChI=1S/C28H27N3O4/c1-6-9-20(7-2)17-35-28(34)18(3)30-26(32)19(4)31-16-25-23(10-8-11-24(25)27(31)33)21-12-14-22(29-5)15-13-21/h6-15,29H,1-4,16-17H2,5H3,(H,30,32)/b20-9+. The second-order valence-electron chi connectivity index (χ2n) is 7.69. The van der Waals surface area contributed by atoms with Crippen LogP contribution in [0.3, 0.4) is 0 Å². The SMILES string of the molecule is C=C/C=C(\C=C)COC(=O)C(=C)NC(=O)C(=C)N1Cc2c(cccc2-c2ccc(NC)cc2)C1=O. The molecule has 0 radical (unpaired) electrons. The molecular weight excluding hydrogens is 442 g/mol. The molecule has 35 heavy (non-hydrogen) atoms. The number of hydrogen-bond acceptors (Lipinski definition) is 5. The van der Waals surface area contributed by atoms with E-state index in [1.165, 1.54) is 11.0 Å². The zero-order valence-electron chi connectivity index (χ0n) is 19.6. The smallest absolute Gasteiger partial charge is 0.354 e. The summed E-state index contributed by atoms with van der Waals surface area (Å²) in [4.78, 5) is 39.3. The van der Waals surface area contributed by atoms with Crippen molar-refractivity contribution in [1.29, 1.82) is 0 Å². The van der Waals surface area contributed by atoms with Crippen molar-refractivity contribution in [2.45, 2.75) is 6.54 Å². The highest BCUT2D eigenvalue weighted by Gasteiger charge is 2.33. The molecule has 2 aromatic carbocycles. The van der Waals surface area contributed by atoms with Gasteiger partial charge in [0.25, 0.3) is 11.8 Å². The van der Waals surface area contributed by atoms with Gasteiger partial charge in [0, 0.05) is 18.3 Å². The van der Waals surface area contributed by atoms with Gasteiger partial charge < -0.3 is 15.4 Å². The molecule has 178 valence electrons. The first-order chi connectivity index (χ1) is 16.8. The molecule has 0 fully saturated rings. The third-order valence-corrected chi connectivity index (χ3v) is 5.52. The molecule has 3 rings (SSSR count). The molecule has 7 nitrogen and oxygen atoms in total. The van der Waals surface area contributed by atoms with Gasteiger partial charge in [-0.15, -0.1) is 0 Å². The number of nitrogens with one attached hydrogen (secondary N) is 2. The number of benzene rings is 2. The van der Waals surface area contributed by atoms with Crippen LogP contribution in [0, 0.1) is 0 Å². The molecule has 0 unspecified atom stereocenters. The number of hydrogen-bond donors (Lipinski definition) is 2. The highest BCUT2D eigenvalue weighted by molar-refractivity contribution is 6.07. The van der Waals surface area contributed by atoms with Crippen LogP contribution in [-0.2, 0) is 20.9 Å². The predicted octanol–water partition coefficient (Wildman–Crippen LogP) is 4.34. The number of rotatable bonds is 10. The predicted molar refractivity (Wildman–Crippen MR) is 137 cm³/mol. The van der Waals surface area contributed by atoms with Crippen LogP contribution in [0.4, 0.5) is 5.69 Å². The van der Waals surface area contributed by atoms with Crippen molar-refractivity contribution in [2.75, 3.05) is 19.0 Å². The number of fused-ring (bicyclic) bond motifs is 1. The van der Waals surface area contributed by atoms with E-state index in [1.807, 2.05) is 37.4 Å². The summed E-state index contributed by atoms with van der Waals surface area (Å²) in [7, 11) is 1.84. The summed E-state index contributed by atoms with van der Waals surface area (Å²) in [5.41, 5.74) is 4.38. The van der Waals surface area contributed by atoms with E-state index in [0.717, 1.165) is 22.4 Å². The van der Waals surface area contributed by atoms with Gasteiger partial charge in [-0.3, -0.25) is 14.5 Å². The quantitative estimate of drug-likeness (QED) is 0.307. The zero-order chi connectivity index (χ0) is 25.5. The van der Waals surface area contributed by atoms with Gasteiger partial charge in [-0.05, 0) is 40.5 Å². The first-order valence-corrected chi connectivity index (χ1v) is 10.8. The van der Waals surface area contributed by atoms with E-state index >= 15 is 0 Å². The lowest BCUT2D eigenvalue weighted by Gasteiger charge is -2.18. The Morgan fingerprint density at radius 2 is 1.77 bits per heavy atom. The lowest BCUT2D eigenvalue weighted by Crippen LogP contribution is -2.36. The second kappa shape index (κ2) is 11.0. The number of esters is 1. The van der Waals surface area contributed by atoms with Crippen molar-refractivity contribution in [3.8, 4) is 11.1 Å². The minimum Gasteiger partial charge on any atom is -0.456 e. The zero-order valence-corrected chi connectivity index (χ0v) is 19.6. The summed E-state index contributed by atoms with van der Waals surface area (Å²) in [5, 5.41) is 5.44. The van der Waals surface area contributed by atoms with Gasteiger partial charge in [0.05, 0.1) is 6.54 Å². The number of ether oxygens (including phenoxy) is 1. The van der Waals surface area contributed by atoms with Crippen LogP contribution in [0.2, 0.25) is 0 Å². The van der Waals surface area contributed by atoms with E-state index in [1.54, 1.807) is 24.3 Å². The normalized spacial score (nSPS) is 12.4. The maximum atomic E-state index is 13.1. The van der Waals surface area contributed by atoms with E-state index in [0.29, 0.717) is 11.1 Å². The Labute approximate surface area is 204 Å². The Kier molecular flexibility index (Phi) is 7.84. The lowest BCUT2D eigenvalue weighted by molar-refractivity contribution is -0.139. The van der Waals surface area contributed by atoms with Crippen molar-refractivity contribution < 1.29 is 19.1 Å². The summed E-state index contributed by atoms with van der Waals surface area (Å²) in [5.74, 6) is -1.88. The van der Waals surface area contributed by atoms with Gasteiger partial charge >= 0.3 is 5.97 Å². The molecule has 0 atom stereocenters. The Hall–Kier alpha value is -4.65. The van der Waals surface area contributed by atoms with Crippen molar-refractivity contribution in [3.63, 3.8) is 0 Å². The van der Waals surface area contributed by atoms with E-state index in [9.17, 15) is 14.4 Å². The highest BCUT2D eigenvalue weighted by atomic mass is 16.5. The maximum absolute atomic E-state index is 13.1. The second-order valence-corrected chi connectivity index (χ2v) is 7.69. The van der Waals surface area contributed by atoms with Crippen molar-refractivity contribution in [3.05, 3.63) is 115 Å². The minimum absolute atomic E-state index is 0.0534. The van der Waals surface area contributed by atoms with Crippen molar-refractivity contribution >= 4 is 23.5 Å². The molecular formula is C28H27N3O4. The van der Waals surface area contributed by atoms with Crippen molar-refractivity contribution in [1.82, 2.24) is 10.2 Å². The number of carbonyl (C=O) groups is 3. The van der Waals surface area contributed by atoms with Gasteiger partial charge in [-0.1, -0.05) is 68.8 Å². The summed E-state index contributed by atoms with van der Waals surface area (Å²) in [6.07, 6.45) is 4.71. The molecule has 2 aromatic rings. The Morgan fingerprint density at radius 1 is 1.09 bits per heavy atom. The van der Waals surface area contributed by atoms with E-state index in [4.69, 9.17) is 4.74 Å². The van der Waals surface area contributed by atoms with Gasteiger partial charge in [0.15, 0.2) is 0 Å². The topological polar surface area (TPSA) is 87.7 Å². The van der Waals surface area contributed by atoms with Crippen LogP contribution < -0.4 is 10.6 Å². The first-order valence-electron chi connectivity index (χ1n) is 10.8. The molecule has 1 aliphatic rings. The summed E-state index contributed by atoms with van der Waals surface area (Å²) in [6.45, 7) is 14.7.